The molecular formula is C16H11ClN2O3. The molecular weight excluding hydrogens is 304 g/mol. The summed E-state index contributed by atoms with van der Waals surface area (Å²) < 4.78 is 5.64. The van der Waals surface area contributed by atoms with Crippen molar-refractivity contribution in [3.8, 4) is 5.75 Å². The molecule has 0 saturated carbocycles. The molecule has 0 aliphatic rings. The van der Waals surface area contributed by atoms with E-state index < -0.39 is 4.92 Å². The van der Waals surface area contributed by atoms with Crippen LogP contribution in [-0.4, -0.2) is 9.91 Å². The van der Waals surface area contributed by atoms with Crippen LogP contribution in [0, 0.1) is 10.1 Å². The Kier molecular flexibility index (Phi) is 3.89. The van der Waals surface area contributed by atoms with E-state index >= 15 is 0 Å². The first-order chi connectivity index (χ1) is 10.6. The SMILES string of the molecule is O=[N+]([O-])c1cccc(OCc2ccc(Cl)c3cccnc23)c1. The van der Waals surface area contributed by atoms with E-state index in [1.54, 1.807) is 24.4 Å². The maximum Gasteiger partial charge on any atom is 0.273 e. The summed E-state index contributed by atoms with van der Waals surface area (Å²) in [4.78, 5) is 14.6. The zero-order valence-electron chi connectivity index (χ0n) is 11.4. The molecule has 0 spiro atoms. The summed E-state index contributed by atoms with van der Waals surface area (Å²) in [6.45, 7) is 0.256. The Morgan fingerprint density at radius 2 is 2.05 bits per heavy atom. The van der Waals surface area contributed by atoms with Gasteiger partial charge in [-0.2, -0.15) is 0 Å². The van der Waals surface area contributed by atoms with Crippen LogP contribution in [0.4, 0.5) is 5.69 Å². The van der Waals surface area contributed by atoms with Gasteiger partial charge in [0.15, 0.2) is 0 Å². The highest BCUT2D eigenvalue weighted by molar-refractivity contribution is 6.35. The molecule has 0 N–H and O–H groups in total. The molecule has 2 aromatic carbocycles. The molecule has 0 radical (unpaired) electrons. The Bertz CT molecular complexity index is 852. The molecule has 3 aromatic rings. The van der Waals surface area contributed by atoms with Crippen LogP contribution in [0.1, 0.15) is 5.56 Å². The summed E-state index contributed by atoms with van der Waals surface area (Å²) in [7, 11) is 0. The van der Waals surface area contributed by atoms with E-state index in [4.69, 9.17) is 16.3 Å². The number of hydrogen-bond donors (Lipinski definition) is 0. The van der Waals surface area contributed by atoms with Crippen molar-refractivity contribution in [2.75, 3.05) is 0 Å². The second-order valence-corrected chi connectivity index (χ2v) is 5.06. The third kappa shape index (κ3) is 2.84. The highest BCUT2D eigenvalue weighted by atomic mass is 35.5. The Morgan fingerprint density at radius 3 is 2.86 bits per heavy atom. The van der Waals surface area contributed by atoms with Gasteiger partial charge in [-0.25, -0.2) is 0 Å². The van der Waals surface area contributed by atoms with Gasteiger partial charge in [0.2, 0.25) is 0 Å². The van der Waals surface area contributed by atoms with E-state index in [2.05, 4.69) is 4.98 Å². The van der Waals surface area contributed by atoms with Gasteiger partial charge in [0, 0.05) is 28.2 Å². The van der Waals surface area contributed by atoms with Gasteiger partial charge in [0.1, 0.15) is 12.4 Å². The van der Waals surface area contributed by atoms with Crippen LogP contribution in [-0.2, 0) is 6.61 Å². The summed E-state index contributed by atoms with van der Waals surface area (Å²) >= 11 is 6.15. The second-order valence-electron chi connectivity index (χ2n) is 4.65. The molecule has 1 aromatic heterocycles. The average molecular weight is 315 g/mol. The number of halogens is 1. The molecule has 110 valence electrons. The summed E-state index contributed by atoms with van der Waals surface area (Å²) in [6.07, 6.45) is 1.69. The Balaban J connectivity index is 1.87. The number of non-ortho nitro benzene ring substituents is 1. The predicted molar refractivity (Wildman–Crippen MR) is 84.2 cm³/mol. The maximum atomic E-state index is 10.8. The molecule has 1 heterocycles. The van der Waals surface area contributed by atoms with Crippen molar-refractivity contribution < 1.29 is 9.66 Å². The number of nitro benzene ring substituents is 1. The van der Waals surface area contributed by atoms with Crippen LogP contribution in [0.2, 0.25) is 5.02 Å². The fourth-order valence-electron chi connectivity index (χ4n) is 2.16. The van der Waals surface area contributed by atoms with Gasteiger partial charge >= 0.3 is 0 Å². The first-order valence-corrected chi connectivity index (χ1v) is 6.92. The molecule has 0 amide bonds. The second kappa shape index (κ2) is 5.99. The van der Waals surface area contributed by atoms with Gasteiger partial charge in [-0.1, -0.05) is 23.7 Å². The Morgan fingerprint density at radius 1 is 1.18 bits per heavy atom. The quantitative estimate of drug-likeness (QED) is 0.529. The molecule has 6 heteroatoms. The van der Waals surface area contributed by atoms with Gasteiger partial charge in [-0.15, -0.1) is 0 Å². The summed E-state index contributed by atoms with van der Waals surface area (Å²) in [5.41, 5.74) is 1.63. The molecule has 0 unspecified atom stereocenters. The molecule has 22 heavy (non-hydrogen) atoms. The molecule has 3 rings (SSSR count). The zero-order valence-corrected chi connectivity index (χ0v) is 12.2. The van der Waals surface area contributed by atoms with Crippen molar-refractivity contribution in [1.29, 1.82) is 0 Å². The van der Waals surface area contributed by atoms with Crippen molar-refractivity contribution in [3.63, 3.8) is 0 Å². The minimum Gasteiger partial charge on any atom is -0.489 e. The van der Waals surface area contributed by atoms with Crippen molar-refractivity contribution in [2.24, 2.45) is 0 Å². The lowest BCUT2D eigenvalue weighted by atomic mass is 10.1. The van der Waals surface area contributed by atoms with Crippen LogP contribution >= 0.6 is 11.6 Å². The third-order valence-corrected chi connectivity index (χ3v) is 3.55. The van der Waals surface area contributed by atoms with Crippen LogP contribution in [0.5, 0.6) is 5.75 Å². The van der Waals surface area contributed by atoms with E-state index in [0.29, 0.717) is 10.8 Å². The van der Waals surface area contributed by atoms with Crippen molar-refractivity contribution in [2.45, 2.75) is 6.61 Å². The van der Waals surface area contributed by atoms with Crippen molar-refractivity contribution in [3.05, 3.63) is 75.4 Å². The summed E-state index contributed by atoms with van der Waals surface area (Å²) in [5, 5.41) is 12.2. The number of aromatic nitrogens is 1. The predicted octanol–water partition coefficient (Wildman–Crippen LogP) is 4.38. The molecule has 0 fully saturated rings. The number of benzene rings is 2. The molecule has 5 nitrogen and oxygen atoms in total. The number of nitro groups is 1. The van der Waals surface area contributed by atoms with E-state index in [9.17, 15) is 10.1 Å². The first kappa shape index (κ1) is 14.3. The normalized spacial score (nSPS) is 10.6. The monoisotopic (exact) mass is 314 g/mol. The lowest BCUT2D eigenvalue weighted by Gasteiger charge is -2.09. The number of nitrogens with zero attached hydrogens (tertiary/aromatic N) is 2. The minimum absolute atomic E-state index is 0.00316. The fourth-order valence-corrected chi connectivity index (χ4v) is 2.38. The molecule has 0 bridgehead atoms. The lowest BCUT2D eigenvalue weighted by molar-refractivity contribution is -0.384. The summed E-state index contributed by atoms with van der Waals surface area (Å²) in [6, 6.07) is 13.4. The Labute approximate surface area is 131 Å². The number of pyridine rings is 1. The van der Waals surface area contributed by atoms with E-state index in [1.807, 2.05) is 18.2 Å². The standard InChI is InChI=1S/C16H11ClN2O3/c17-15-7-6-11(16-14(15)5-2-8-18-16)10-22-13-4-1-3-12(9-13)19(20)21/h1-9H,10H2. The van der Waals surface area contributed by atoms with E-state index in [-0.39, 0.29) is 12.3 Å². The molecule has 0 aliphatic carbocycles. The number of hydrogen-bond acceptors (Lipinski definition) is 4. The lowest BCUT2D eigenvalue weighted by Crippen LogP contribution is -1.98. The zero-order chi connectivity index (χ0) is 15.5. The van der Waals surface area contributed by atoms with Crippen molar-refractivity contribution >= 4 is 28.2 Å². The maximum absolute atomic E-state index is 10.8. The van der Waals surface area contributed by atoms with Crippen LogP contribution < -0.4 is 4.74 Å². The van der Waals surface area contributed by atoms with Crippen LogP contribution in [0.3, 0.4) is 0 Å². The summed E-state index contributed by atoms with van der Waals surface area (Å²) in [5.74, 6) is 0.438. The van der Waals surface area contributed by atoms with Gasteiger partial charge in [-0.05, 0) is 24.3 Å². The number of rotatable bonds is 4. The largest absolute Gasteiger partial charge is 0.489 e. The van der Waals surface area contributed by atoms with Crippen LogP contribution in [0.25, 0.3) is 10.9 Å². The van der Waals surface area contributed by atoms with Gasteiger partial charge < -0.3 is 4.74 Å². The average Bonchev–Trinajstić information content (AvgIpc) is 2.55. The number of ether oxygens (including phenoxy) is 1. The van der Waals surface area contributed by atoms with Gasteiger partial charge in [0.05, 0.1) is 16.5 Å². The molecule has 0 atom stereocenters. The van der Waals surface area contributed by atoms with Gasteiger partial charge in [0.25, 0.3) is 5.69 Å². The fraction of sp³-hybridized carbons (Fsp3) is 0.0625. The van der Waals surface area contributed by atoms with Crippen molar-refractivity contribution in [1.82, 2.24) is 4.98 Å². The first-order valence-electron chi connectivity index (χ1n) is 6.54. The third-order valence-electron chi connectivity index (χ3n) is 3.22. The van der Waals surface area contributed by atoms with E-state index in [0.717, 1.165) is 16.5 Å². The minimum atomic E-state index is -0.452. The highest BCUT2D eigenvalue weighted by Gasteiger charge is 2.09. The number of fused-ring (bicyclic) bond motifs is 1. The topological polar surface area (TPSA) is 65.3 Å². The molecule has 0 aliphatic heterocycles. The van der Waals surface area contributed by atoms with Crippen LogP contribution in [0.15, 0.2) is 54.7 Å². The van der Waals surface area contributed by atoms with Gasteiger partial charge in [-0.3, -0.25) is 15.1 Å². The smallest absolute Gasteiger partial charge is 0.273 e. The van der Waals surface area contributed by atoms with E-state index in [1.165, 1.54) is 12.1 Å². The molecule has 0 saturated heterocycles. The Hall–Kier alpha value is -2.66. The highest BCUT2D eigenvalue weighted by Crippen LogP contribution is 2.26.